The maximum Gasteiger partial charge on any atom is 0.241 e. The van der Waals surface area contributed by atoms with Crippen LogP contribution in [0.5, 0.6) is 0 Å². The SMILES string of the molecule is CCC(O)CCNS(=O)(=O)c1cc(Cl)ccc1C#N. The van der Waals surface area contributed by atoms with Crippen molar-refractivity contribution < 1.29 is 13.5 Å². The minimum Gasteiger partial charge on any atom is -0.393 e. The van der Waals surface area contributed by atoms with Crippen LogP contribution in [-0.2, 0) is 10.0 Å². The molecule has 0 aliphatic heterocycles. The number of halogens is 1. The van der Waals surface area contributed by atoms with Crippen LogP contribution >= 0.6 is 11.6 Å². The number of aliphatic hydroxyl groups excluding tert-OH is 1. The van der Waals surface area contributed by atoms with Gasteiger partial charge >= 0.3 is 0 Å². The maximum atomic E-state index is 12.0. The summed E-state index contributed by atoms with van der Waals surface area (Å²) in [4.78, 5) is -0.145. The fourth-order valence-corrected chi connectivity index (χ4v) is 2.92. The van der Waals surface area contributed by atoms with Gasteiger partial charge in [-0.25, -0.2) is 13.1 Å². The Morgan fingerprint density at radius 2 is 2.21 bits per heavy atom. The van der Waals surface area contributed by atoms with Gasteiger partial charge in [0.1, 0.15) is 11.0 Å². The number of nitrogens with zero attached hydrogens (tertiary/aromatic N) is 1. The van der Waals surface area contributed by atoms with Crippen molar-refractivity contribution in [2.75, 3.05) is 6.54 Å². The molecule has 0 radical (unpaired) electrons. The first-order chi connectivity index (χ1) is 8.90. The summed E-state index contributed by atoms with van der Waals surface area (Å²) in [7, 11) is -3.80. The van der Waals surface area contributed by atoms with Gasteiger partial charge in [-0.15, -0.1) is 0 Å². The highest BCUT2D eigenvalue weighted by Crippen LogP contribution is 2.20. The van der Waals surface area contributed by atoms with E-state index < -0.39 is 16.1 Å². The molecule has 19 heavy (non-hydrogen) atoms. The summed E-state index contributed by atoms with van der Waals surface area (Å²) in [5.41, 5.74) is 0.0351. The van der Waals surface area contributed by atoms with E-state index in [9.17, 15) is 13.5 Å². The van der Waals surface area contributed by atoms with Gasteiger partial charge in [0.2, 0.25) is 10.0 Å². The van der Waals surface area contributed by atoms with Gasteiger partial charge in [0, 0.05) is 11.6 Å². The van der Waals surface area contributed by atoms with E-state index in [1.54, 1.807) is 0 Å². The number of nitrogens with one attached hydrogen (secondary N) is 1. The van der Waals surface area contributed by atoms with Crippen LogP contribution in [0.4, 0.5) is 0 Å². The summed E-state index contributed by atoms with van der Waals surface area (Å²) < 4.78 is 26.4. The Balaban J connectivity index is 2.89. The van der Waals surface area contributed by atoms with Crippen molar-refractivity contribution in [1.29, 1.82) is 5.26 Å². The zero-order valence-electron chi connectivity index (χ0n) is 10.4. The van der Waals surface area contributed by atoms with E-state index in [2.05, 4.69) is 4.72 Å². The predicted octanol–water partition coefficient (Wildman–Crippen LogP) is 1.65. The van der Waals surface area contributed by atoms with Crippen LogP contribution in [0.1, 0.15) is 25.3 Å². The van der Waals surface area contributed by atoms with Gasteiger partial charge in [-0.1, -0.05) is 18.5 Å². The molecule has 0 aliphatic rings. The van der Waals surface area contributed by atoms with E-state index in [0.29, 0.717) is 12.8 Å². The molecule has 0 saturated heterocycles. The molecule has 0 heterocycles. The van der Waals surface area contributed by atoms with Crippen molar-refractivity contribution in [2.45, 2.75) is 30.8 Å². The highest BCUT2D eigenvalue weighted by Gasteiger charge is 2.19. The Hall–Kier alpha value is -1.13. The van der Waals surface area contributed by atoms with E-state index in [4.69, 9.17) is 16.9 Å². The zero-order valence-corrected chi connectivity index (χ0v) is 12.0. The molecular weight excluding hydrogens is 288 g/mol. The zero-order chi connectivity index (χ0) is 14.5. The highest BCUT2D eigenvalue weighted by atomic mass is 35.5. The molecule has 0 spiro atoms. The molecule has 1 rings (SSSR count). The third kappa shape index (κ3) is 4.48. The third-order valence-electron chi connectivity index (χ3n) is 2.59. The summed E-state index contributed by atoms with van der Waals surface area (Å²) in [6.45, 7) is 1.92. The molecule has 1 aromatic rings. The van der Waals surface area contributed by atoms with Crippen molar-refractivity contribution in [2.24, 2.45) is 0 Å². The fourth-order valence-electron chi connectivity index (χ4n) is 1.45. The minimum absolute atomic E-state index is 0.0351. The molecule has 2 N–H and O–H groups in total. The lowest BCUT2D eigenvalue weighted by atomic mass is 10.2. The minimum atomic E-state index is -3.80. The number of nitriles is 1. The Kier molecular flexibility index (Phi) is 5.76. The molecule has 0 amide bonds. The molecular formula is C12H15ClN2O3S. The van der Waals surface area contributed by atoms with Crippen LogP contribution in [0.3, 0.4) is 0 Å². The van der Waals surface area contributed by atoms with E-state index >= 15 is 0 Å². The van der Waals surface area contributed by atoms with Gasteiger partial charge in [0.05, 0.1) is 11.7 Å². The lowest BCUT2D eigenvalue weighted by Crippen LogP contribution is -2.27. The van der Waals surface area contributed by atoms with Crippen molar-refractivity contribution in [1.82, 2.24) is 4.72 Å². The molecule has 1 aromatic carbocycles. The van der Waals surface area contributed by atoms with E-state index in [1.807, 2.05) is 13.0 Å². The second-order valence-corrected chi connectivity index (χ2v) is 6.17. The average molecular weight is 303 g/mol. The maximum absolute atomic E-state index is 12.0. The van der Waals surface area contributed by atoms with Gasteiger partial charge in [-0.3, -0.25) is 0 Å². The molecule has 1 unspecified atom stereocenters. The van der Waals surface area contributed by atoms with Crippen LogP contribution < -0.4 is 4.72 Å². The molecule has 0 aliphatic carbocycles. The van der Waals surface area contributed by atoms with Gasteiger partial charge in [-0.05, 0) is 31.0 Å². The smallest absolute Gasteiger partial charge is 0.241 e. The molecule has 0 saturated carbocycles. The second kappa shape index (κ2) is 6.87. The summed E-state index contributed by atoms with van der Waals surface area (Å²) >= 11 is 5.75. The number of benzene rings is 1. The lowest BCUT2D eigenvalue weighted by molar-refractivity contribution is 0.162. The van der Waals surface area contributed by atoms with Crippen LogP contribution in [0.15, 0.2) is 23.1 Å². The highest BCUT2D eigenvalue weighted by molar-refractivity contribution is 7.89. The van der Waals surface area contributed by atoms with E-state index in [0.717, 1.165) is 0 Å². The molecule has 0 fully saturated rings. The van der Waals surface area contributed by atoms with Crippen LogP contribution in [0.2, 0.25) is 5.02 Å². The number of hydrogen-bond acceptors (Lipinski definition) is 4. The van der Waals surface area contributed by atoms with Crippen molar-refractivity contribution in [3.05, 3.63) is 28.8 Å². The van der Waals surface area contributed by atoms with Crippen molar-refractivity contribution in [3.8, 4) is 6.07 Å². The van der Waals surface area contributed by atoms with E-state index in [-0.39, 0.29) is 22.0 Å². The van der Waals surface area contributed by atoms with Crippen LogP contribution in [0.25, 0.3) is 0 Å². The summed E-state index contributed by atoms with van der Waals surface area (Å²) in [6.07, 6.45) is 0.332. The number of aliphatic hydroxyl groups is 1. The quantitative estimate of drug-likeness (QED) is 0.836. The monoisotopic (exact) mass is 302 g/mol. The Morgan fingerprint density at radius 3 is 2.79 bits per heavy atom. The third-order valence-corrected chi connectivity index (χ3v) is 4.33. The normalized spacial score (nSPS) is 12.9. The summed E-state index contributed by atoms with van der Waals surface area (Å²) in [5.74, 6) is 0. The molecule has 5 nitrogen and oxygen atoms in total. The topological polar surface area (TPSA) is 90.2 Å². The number of hydrogen-bond donors (Lipinski definition) is 2. The first kappa shape index (κ1) is 15.9. The largest absolute Gasteiger partial charge is 0.393 e. The summed E-state index contributed by atoms with van der Waals surface area (Å²) in [6, 6.07) is 5.86. The predicted molar refractivity (Wildman–Crippen MR) is 72.3 cm³/mol. The molecule has 0 aromatic heterocycles. The van der Waals surface area contributed by atoms with Crippen LogP contribution in [0, 0.1) is 11.3 Å². The number of sulfonamides is 1. The Bertz CT molecular complexity index is 581. The van der Waals surface area contributed by atoms with Crippen LogP contribution in [-0.4, -0.2) is 26.2 Å². The average Bonchev–Trinajstić information content (AvgIpc) is 2.38. The van der Waals surface area contributed by atoms with Gasteiger partial charge in [0.15, 0.2) is 0 Å². The van der Waals surface area contributed by atoms with Crippen molar-refractivity contribution in [3.63, 3.8) is 0 Å². The summed E-state index contributed by atoms with van der Waals surface area (Å²) in [5, 5.41) is 18.5. The fraction of sp³-hybridized carbons (Fsp3) is 0.417. The second-order valence-electron chi connectivity index (χ2n) is 4.00. The molecule has 7 heteroatoms. The number of rotatable bonds is 6. The first-order valence-corrected chi connectivity index (χ1v) is 7.64. The van der Waals surface area contributed by atoms with E-state index in [1.165, 1.54) is 18.2 Å². The van der Waals surface area contributed by atoms with Crippen molar-refractivity contribution >= 4 is 21.6 Å². The molecule has 0 bridgehead atoms. The lowest BCUT2D eigenvalue weighted by Gasteiger charge is -2.10. The van der Waals surface area contributed by atoms with Gasteiger partial charge in [-0.2, -0.15) is 5.26 Å². The standard InChI is InChI=1S/C12H15ClN2O3S/c1-2-11(16)5-6-15-19(17,18)12-7-10(13)4-3-9(12)8-14/h3-4,7,11,15-16H,2,5-6H2,1H3. The Morgan fingerprint density at radius 1 is 1.53 bits per heavy atom. The van der Waals surface area contributed by atoms with Gasteiger partial charge < -0.3 is 5.11 Å². The van der Waals surface area contributed by atoms with Gasteiger partial charge in [0.25, 0.3) is 0 Å². The first-order valence-electron chi connectivity index (χ1n) is 5.78. The molecule has 104 valence electrons. The Labute approximate surface area is 117 Å². The molecule has 1 atom stereocenters.